The molecule has 104 valence electrons. The number of amides is 1. The fourth-order valence-electron chi connectivity index (χ4n) is 2.43. The Kier molecular flexibility index (Phi) is 6.16. The van der Waals surface area contributed by atoms with Gasteiger partial charge in [0.15, 0.2) is 0 Å². The zero-order valence-electron chi connectivity index (χ0n) is 11.7. The van der Waals surface area contributed by atoms with Crippen LogP contribution in [0.4, 0.5) is 0 Å². The lowest BCUT2D eigenvalue weighted by atomic mass is 9.88. The summed E-state index contributed by atoms with van der Waals surface area (Å²) in [7, 11) is 1.37. The summed E-state index contributed by atoms with van der Waals surface area (Å²) in [5.74, 6) is -0.140. The van der Waals surface area contributed by atoms with Gasteiger partial charge < -0.3 is 10.1 Å². The van der Waals surface area contributed by atoms with Crippen LogP contribution in [0.25, 0.3) is 0 Å². The number of hydrogen-bond acceptors (Lipinski definition) is 3. The minimum atomic E-state index is -0.505. The zero-order valence-corrected chi connectivity index (χ0v) is 11.7. The van der Waals surface area contributed by atoms with Crippen LogP contribution in [0.2, 0.25) is 0 Å². The van der Waals surface area contributed by atoms with Crippen LogP contribution < -0.4 is 5.32 Å². The van der Waals surface area contributed by atoms with E-state index in [9.17, 15) is 9.59 Å². The second-order valence-corrected chi connectivity index (χ2v) is 5.23. The molecule has 0 saturated heterocycles. The third-order valence-electron chi connectivity index (χ3n) is 3.94. The third kappa shape index (κ3) is 4.00. The van der Waals surface area contributed by atoms with Crippen LogP contribution in [0.3, 0.4) is 0 Å². The van der Waals surface area contributed by atoms with Crippen molar-refractivity contribution in [2.24, 2.45) is 11.8 Å². The van der Waals surface area contributed by atoms with E-state index < -0.39 is 6.04 Å². The Balaban J connectivity index is 2.58. The number of carbonyl (C=O) groups is 2. The molecule has 0 unspecified atom stereocenters. The summed E-state index contributed by atoms with van der Waals surface area (Å²) in [6.07, 6.45) is 6.18. The minimum absolute atomic E-state index is 0.0189. The molecule has 4 heteroatoms. The number of ether oxygens (including phenoxy) is 1. The third-order valence-corrected chi connectivity index (χ3v) is 3.94. The van der Waals surface area contributed by atoms with Gasteiger partial charge in [0.2, 0.25) is 5.91 Å². The highest BCUT2D eigenvalue weighted by Gasteiger charge is 2.30. The van der Waals surface area contributed by atoms with E-state index in [4.69, 9.17) is 4.74 Å². The number of esters is 1. The monoisotopic (exact) mass is 255 g/mol. The SMILES string of the molecule is CC[C@H](C)[C@H](NC(=O)C1CCCCC1)C(=O)OC. The van der Waals surface area contributed by atoms with Crippen molar-refractivity contribution in [1.82, 2.24) is 5.32 Å². The topological polar surface area (TPSA) is 55.4 Å². The Hall–Kier alpha value is -1.06. The van der Waals surface area contributed by atoms with Crippen molar-refractivity contribution >= 4 is 11.9 Å². The van der Waals surface area contributed by atoms with Gasteiger partial charge in [0, 0.05) is 5.92 Å². The highest BCUT2D eigenvalue weighted by molar-refractivity contribution is 5.85. The summed E-state index contributed by atoms with van der Waals surface area (Å²) in [6.45, 7) is 3.97. The summed E-state index contributed by atoms with van der Waals surface area (Å²) < 4.78 is 4.77. The molecular formula is C14H25NO3. The number of carbonyl (C=O) groups excluding carboxylic acids is 2. The van der Waals surface area contributed by atoms with Crippen molar-refractivity contribution in [1.29, 1.82) is 0 Å². The first kappa shape index (κ1) is 15.0. The highest BCUT2D eigenvalue weighted by Crippen LogP contribution is 2.24. The first-order valence-corrected chi connectivity index (χ1v) is 6.98. The summed E-state index contributed by atoms with van der Waals surface area (Å²) in [5.41, 5.74) is 0. The average Bonchev–Trinajstić information content (AvgIpc) is 2.43. The van der Waals surface area contributed by atoms with Crippen molar-refractivity contribution in [3.05, 3.63) is 0 Å². The molecule has 2 atom stereocenters. The summed E-state index contributed by atoms with van der Waals surface area (Å²) in [4.78, 5) is 23.8. The van der Waals surface area contributed by atoms with Crippen molar-refractivity contribution in [3.8, 4) is 0 Å². The van der Waals surface area contributed by atoms with Crippen molar-refractivity contribution in [2.75, 3.05) is 7.11 Å². The molecule has 1 amide bonds. The van der Waals surface area contributed by atoms with E-state index in [2.05, 4.69) is 5.32 Å². The van der Waals surface area contributed by atoms with Gasteiger partial charge in [-0.2, -0.15) is 0 Å². The van der Waals surface area contributed by atoms with E-state index >= 15 is 0 Å². The van der Waals surface area contributed by atoms with Crippen molar-refractivity contribution < 1.29 is 14.3 Å². The number of hydrogen-bond donors (Lipinski definition) is 1. The van der Waals surface area contributed by atoms with Gasteiger partial charge in [-0.15, -0.1) is 0 Å². The summed E-state index contributed by atoms with van der Waals surface area (Å²) in [6, 6.07) is -0.505. The van der Waals surface area contributed by atoms with Crippen LogP contribution in [0, 0.1) is 11.8 Å². The van der Waals surface area contributed by atoms with Crippen molar-refractivity contribution in [3.63, 3.8) is 0 Å². The Labute approximate surface area is 109 Å². The lowest BCUT2D eigenvalue weighted by Gasteiger charge is -2.26. The molecule has 1 N–H and O–H groups in total. The Morgan fingerprint density at radius 2 is 1.89 bits per heavy atom. The fraction of sp³-hybridized carbons (Fsp3) is 0.857. The highest BCUT2D eigenvalue weighted by atomic mass is 16.5. The predicted octanol–water partition coefficient (Wildman–Crippen LogP) is 2.27. The zero-order chi connectivity index (χ0) is 13.5. The Morgan fingerprint density at radius 3 is 2.39 bits per heavy atom. The quantitative estimate of drug-likeness (QED) is 0.767. The molecule has 1 aliphatic rings. The van der Waals surface area contributed by atoms with E-state index in [1.807, 2.05) is 13.8 Å². The van der Waals surface area contributed by atoms with Gasteiger partial charge in [-0.05, 0) is 18.8 Å². The smallest absolute Gasteiger partial charge is 0.328 e. The van der Waals surface area contributed by atoms with E-state index in [1.54, 1.807) is 0 Å². The lowest BCUT2D eigenvalue weighted by Crippen LogP contribution is -2.48. The Bertz CT molecular complexity index is 285. The predicted molar refractivity (Wildman–Crippen MR) is 70.0 cm³/mol. The lowest BCUT2D eigenvalue weighted by molar-refractivity contribution is -0.147. The van der Waals surface area contributed by atoms with E-state index in [1.165, 1.54) is 13.5 Å². The molecule has 0 aromatic rings. The Morgan fingerprint density at radius 1 is 1.28 bits per heavy atom. The molecule has 0 aromatic heterocycles. The van der Waals surface area contributed by atoms with Gasteiger partial charge in [-0.1, -0.05) is 39.5 Å². The molecule has 1 rings (SSSR count). The summed E-state index contributed by atoms with van der Waals surface area (Å²) >= 11 is 0. The van der Waals surface area contributed by atoms with Gasteiger partial charge in [0.25, 0.3) is 0 Å². The second-order valence-electron chi connectivity index (χ2n) is 5.23. The van der Waals surface area contributed by atoms with Crippen LogP contribution >= 0.6 is 0 Å². The number of rotatable bonds is 5. The van der Waals surface area contributed by atoms with E-state index in [-0.39, 0.29) is 23.7 Å². The molecule has 4 nitrogen and oxygen atoms in total. The molecule has 1 saturated carbocycles. The van der Waals surface area contributed by atoms with Gasteiger partial charge >= 0.3 is 5.97 Å². The molecule has 0 heterocycles. The summed E-state index contributed by atoms with van der Waals surface area (Å²) in [5, 5.41) is 2.87. The van der Waals surface area contributed by atoms with Gasteiger partial charge in [0.1, 0.15) is 6.04 Å². The molecule has 0 radical (unpaired) electrons. The van der Waals surface area contributed by atoms with E-state index in [0.29, 0.717) is 0 Å². The maximum absolute atomic E-state index is 12.1. The standard InChI is InChI=1S/C14H25NO3/c1-4-10(2)12(14(17)18-3)15-13(16)11-8-6-5-7-9-11/h10-12H,4-9H2,1-3H3,(H,15,16)/t10-,12-/m0/s1. The number of nitrogens with one attached hydrogen (secondary N) is 1. The fourth-order valence-corrected chi connectivity index (χ4v) is 2.43. The van der Waals surface area contributed by atoms with Crippen LogP contribution in [0.5, 0.6) is 0 Å². The largest absolute Gasteiger partial charge is 0.467 e. The average molecular weight is 255 g/mol. The minimum Gasteiger partial charge on any atom is -0.467 e. The molecule has 0 aromatic carbocycles. The van der Waals surface area contributed by atoms with Crippen LogP contribution in [0.15, 0.2) is 0 Å². The molecule has 1 aliphatic carbocycles. The van der Waals surface area contributed by atoms with E-state index in [0.717, 1.165) is 32.1 Å². The van der Waals surface area contributed by atoms with Crippen molar-refractivity contribution in [2.45, 2.75) is 58.4 Å². The number of methoxy groups -OCH3 is 1. The first-order chi connectivity index (χ1) is 8.60. The molecule has 1 fully saturated rings. The maximum atomic E-state index is 12.1. The molecule has 0 spiro atoms. The molecule has 18 heavy (non-hydrogen) atoms. The molecule has 0 aliphatic heterocycles. The van der Waals surface area contributed by atoms with Crippen LogP contribution in [-0.2, 0) is 14.3 Å². The molecule has 0 bridgehead atoms. The van der Waals surface area contributed by atoms with Crippen LogP contribution in [0.1, 0.15) is 52.4 Å². The second kappa shape index (κ2) is 7.39. The maximum Gasteiger partial charge on any atom is 0.328 e. The van der Waals surface area contributed by atoms with Gasteiger partial charge in [-0.3, -0.25) is 4.79 Å². The van der Waals surface area contributed by atoms with Crippen LogP contribution in [-0.4, -0.2) is 25.0 Å². The molecular weight excluding hydrogens is 230 g/mol. The van der Waals surface area contributed by atoms with Gasteiger partial charge in [-0.25, -0.2) is 4.79 Å². The van der Waals surface area contributed by atoms with Gasteiger partial charge in [0.05, 0.1) is 7.11 Å². The normalized spacial score (nSPS) is 19.9. The first-order valence-electron chi connectivity index (χ1n) is 6.98.